The largest absolute Gasteiger partial charge is 0.396 e. The third-order valence-corrected chi connectivity index (χ3v) is 3.84. The maximum atomic E-state index is 9.85. The fourth-order valence-electron chi connectivity index (χ4n) is 2.60. The number of aliphatic hydroxyl groups is 2. The van der Waals surface area contributed by atoms with Gasteiger partial charge in [0, 0.05) is 25.1 Å². The molecular weight excluding hydrogens is 242 g/mol. The molecule has 19 heavy (non-hydrogen) atoms. The van der Waals surface area contributed by atoms with Crippen molar-refractivity contribution in [3.63, 3.8) is 0 Å². The van der Waals surface area contributed by atoms with Crippen molar-refractivity contribution in [3.8, 4) is 0 Å². The maximum absolute atomic E-state index is 9.85. The molecule has 0 heterocycles. The van der Waals surface area contributed by atoms with Gasteiger partial charge in [0.1, 0.15) is 0 Å². The molecule has 0 aliphatic heterocycles. The summed E-state index contributed by atoms with van der Waals surface area (Å²) in [6.45, 7) is 7.85. The number of nitrogens with one attached hydrogen (secondary N) is 1. The average molecular weight is 273 g/mol. The van der Waals surface area contributed by atoms with Crippen molar-refractivity contribution in [1.29, 1.82) is 0 Å². The van der Waals surface area contributed by atoms with Crippen LogP contribution in [0.25, 0.3) is 0 Å². The van der Waals surface area contributed by atoms with Gasteiger partial charge in [0.05, 0.1) is 18.3 Å². The van der Waals surface area contributed by atoms with E-state index in [4.69, 9.17) is 4.74 Å². The van der Waals surface area contributed by atoms with E-state index in [0.717, 1.165) is 19.4 Å². The van der Waals surface area contributed by atoms with Gasteiger partial charge in [-0.05, 0) is 33.6 Å². The third-order valence-electron chi connectivity index (χ3n) is 3.84. The van der Waals surface area contributed by atoms with Crippen molar-refractivity contribution in [2.24, 2.45) is 5.41 Å². The van der Waals surface area contributed by atoms with E-state index in [9.17, 15) is 10.2 Å². The van der Waals surface area contributed by atoms with Crippen LogP contribution in [-0.4, -0.2) is 48.2 Å². The Morgan fingerprint density at radius 3 is 2.37 bits per heavy atom. The Morgan fingerprint density at radius 1 is 1.21 bits per heavy atom. The Balaban J connectivity index is 2.21. The molecule has 1 atom stereocenters. The molecule has 4 nitrogen and oxygen atoms in total. The Hall–Kier alpha value is -0.160. The van der Waals surface area contributed by atoms with Gasteiger partial charge in [-0.15, -0.1) is 0 Å². The van der Waals surface area contributed by atoms with E-state index >= 15 is 0 Å². The second-order valence-electron chi connectivity index (χ2n) is 6.93. The zero-order chi connectivity index (χ0) is 14.4. The summed E-state index contributed by atoms with van der Waals surface area (Å²) in [5.41, 5.74) is -0.181. The van der Waals surface area contributed by atoms with Crippen LogP contribution in [0.4, 0.5) is 0 Å². The minimum absolute atomic E-state index is 0.0306. The zero-order valence-electron chi connectivity index (χ0n) is 12.7. The first kappa shape index (κ1) is 16.9. The van der Waals surface area contributed by atoms with Crippen LogP contribution in [0.15, 0.2) is 0 Å². The monoisotopic (exact) mass is 273 g/mol. The molecule has 114 valence electrons. The van der Waals surface area contributed by atoms with Crippen LogP contribution < -0.4 is 5.32 Å². The van der Waals surface area contributed by atoms with Gasteiger partial charge >= 0.3 is 0 Å². The summed E-state index contributed by atoms with van der Waals surface area (Å²) < 4.78 is 5.55. The summed E-state index contributed by atoms with van der Waals surface area (Å²) in [5, 5.41) is 22.7. The summed E-state index contributed by atoms with van der Waals surface area (Å²) in [6, 6.07) is 0. The molecule has 4 heteroatoms. The summed E-state index contributed by atoms with van der Waals surface area (Å²) in [4.78, 5) is 0. The highest BCUT2D eigenvalue weighted by molar-refractivity contribution is 4.84. The van der Waals surface area contributed by atoms with Gasteiger partial charge in [-0.3, -0.25) is 0 Å². The quantitative estimate of drug-likeness (QED) is 0.660. The fourth-order valence-corrected chi connectivity index (χ4v) is 2.60. The molecule has 1 unspecified atom stereocenters. The molecule has 0 amide bonds. The highest BCUT2D eigenvalue weighted by Crippen LogP contribution is 2.35. The molecule has 0 aromatic carbocycles. The lowest BCUT2D eigenvalue weighted by Gasteiger charge is -2.36. The lowest BCUT2D eigenvalue weighted by Crippen LogP contribution is -2.42. The normalized spacial score (nSPS) is 21.3. The number of rotatable bonds is 7. The molecule has 0 aromatic rings. The Morgan fingerprint density at radius 2 is 1.84 bits per heavy atom. The smallest absolute Gasteiger partial charge is 0.0897 e. The Labute approximate surface area is 117 Å². The van der Waals surface area contributed by atoms with Gasteiger partial charge in [0.25, 0.3) is 0 Å². The molecule has 0 spiro atoms. The molecule has 1 saturated carbocycles. The number of aliphatic hydroxyl groups excluding tert-OH is 2. The van der Waals surface area contributed by atoms with E-state index in [0.29, 0.717) is 13.2 Å². The van der Waals surface area contributed by atoms with Gasteiger partial charge in [0.2, 0.25) is 0 Å². The van der Waals surface area contributed by atoms with Crippen molar-refractivity contribution in [2.45, 2.75) is 64.6 Å². The maximum Gasteiger partial charge on any atom is 0.0897 e. The molecule has 0 saturated heterocycles. The third kappa shape index (κ3) is 6.70. The first-order chi connectivity index (χ1) is 8.87. The summed E-state index contributed by atoms with van der Waals surface area (Å²) >= 11 is 0. The molecule has 3 N–H and O–H groups in total. The van der Waals surface area contributed by atoms with Crippen LogP contribution in [0.3, 0.4) is 0 Å². The number of ether oxygens (including phenoxy) is 1. The molecule has 1 aliphatic carbocycles. The molecule has 0 aromatic heterocycles. The summed E-state index contributed by atoms with van der Waals surface area (Å²) in [5.74, 6) is 0. The van der Waals surface area contributed by atoms with Gasteiger partial charge in [-0.1, -0.05) is 19.3 Å². The summed E-state index contributed by atoms with van der Waals surface area (Å²) in [6.07, 6.45) is 5.38. The SMILES string of the molecule is CC(C)(C)OCC(O)CNCC1(CO)CCCCC1. The molecule has 1 fully saturated rings. The topological polar surface area (TPSA) is 61.7 Å². The first-order valence-corrected chi connectivity index (χ1v) is 7.51. The number of hydrogen-bond acceptors (Lipinski definition) is 4. The fraction of sp³-hybridized carbons (Fsp3) is 1.00. The van der Waals surface area contributed by atoms with Gasteiger partial charge in [-0.25, -0.2) is 0 Å². The standard InChI is InChI=1S/C15H31NO3/c1-14(2,3)19-10-13(18)9-16-11-15(12-17)7-5-4-6-8-15/h13,16-18H,4-12H2,1-3H3. The molecule has 1 rings (SSSR count). The highest BCUT2D eigenvalue weighted by Gasteiger charge is 2.31. The van der Waals surface area contributed by atoms with Crippen molar-refractivity contribution >= 4 is 0 Å². The predicted molar refractivity (Wildman–Crippen MR) is 77.2 cm³/mol. The number of hydrogen-bond donors (Lipinski definition) is 3. The van der Waals surface area contributed by atoms with Gasteiger partial charge in [-0.2, -0.15) is 0 Å². The minimum Gasteiger partial charge on any atom is -0.396 e. The van der Waals surface area contributed by atoms with Crippen molar-refractivity contribution in [3.05, 3.63) is 0 Å². The summed E-state index contributed by atoms with van der Waals surface area (Å²) in [7, 11) is 0. The van der Waals surface area contributed by atoms with E-state index < -0.39 is 6.10 Å². The molecule has 0 bridgehead atoms. The van der Waals surface area contributed by atoms with Crippen molar-refractivity contribution < 1.29 is 14.9 Å². The zero-order valence-corrected chi connectivity index (χ0v) is 12.7. The van der Waals surface area contributed by atoms with E-state index in [1.807, 2.05) is 20.8 Å². The van der Waals surface area contributed by atoms with Crippen LogP contribution in [-0.2, 0) is 4.74 Å². The Kier molecular flexibility index (Phi) is 6.74. The van der Waals surface area contributed by atoms with Gasteiger partial charge in [0.15, 0.2) is 0 Å². The van der Waals surface area contributed by atoms with Crippen LogP contribution in [0.2, 0.25) is 0 Å². The average Bonchev–Trinajstić information content (AvgIpc) is 2.37. The van der Waals surface area contributed by atoms with Crippen LogP contribution in [0, 0.1) is 5.41 Å². The lowest BCUT2D eigenvalue weighted by molar-refractivity contribution is -0.0487. The van der Waals surface area contributed by atoms with Crippen molar-refractivity contribution in [2.75, 3.05) is 26.3 Å². The second-order valence-corrected chi connectivity index (χ2v) is 6.93. The van der Waals surface area contributed by atoms with Crippen LogP contribution in [0.5, 0.6) is 0 Å². The minimum atomic E-state index is -0.487. The van der Waals surface area contributed by atoms with Gasteiger partial charge < -0.3 is 20.3 Å². The highest BCUT2D eigenvalue weighted by atomic mass is 16.5. The predicted octanol–water partition coefficient (Wildman–Crippen LogP) is 1.69. The second kappa shape index (κ2) is 7.58. The molecule has 1 aliphatic rings. The first-order valence-electron chi connectivity index (χ1n) is 7.51. The lowest BCUT2D eigenvalue weighted by atomic mass is 9.74. The molecular formula is C15H31NO3. The van der Waals surface area contributed by atoms with Crippen LogP contribution in [0.1, 0.15) is 52.9 Å². The van der Waals surface area contributed by atoms with E-state index in [1.165, 1.54) is 19.3 Å². The van der Waals surface area contributed by atoms with E-state index in [2.05, 4.69) is 5.32 Å². The van der Waals surface area contributed by atoms with E-state index in [-0.39, 0.29) is 17.6 Å². The van der Waals surface area contributed by atoms with Crippen LogP contribution >= 0.6 is 0 Å². The Bertz CT molecular complexity index is 244. The molecule has 0 radical (unpaired) electrons. The van der Waals surface area contributed by atoms with E-state index in [1.54, 1.807) is 0 Å². The van der Waals surface area contributed by atoms with Crippen molar-refractivity contribution in [1.82, 2.24) is 5.32 Å².